The molecule has 0 bridgehead atoms. The van der Waals surface area contributed by atoms with E-state index in [0.29, 0.717) is 31.9 Å². The molecule has 2 aromatic rings. The van der Waals surface area contributed by atoms with Gasteiger partial charge in [0.2, 0.25) is 5.91 Å². The van der Waals surface area contributed by atoms with Crippen molar-refractivity contribution in [2.45, 2.75) is 50.7 Å². The van der Waals surface area contributed by atoms with Crippen LogP contribution >= 0.6 is 0 Å². The molecule has 34 heavy (non-hydrogen) atoms. The molecule has 0 saturated carbocycles. The van der Waals surface area contributed by atoms with Crippen LogP contribution in [0, 0.1) is 5.92 Å². The number of rotatable bonds is 11. The average molecular weight is 492 g/mol. The van der Waals surface area contributed by atoms with Crippen LogP contribution in [0.25, 0.3) is 0 Å². The van der Waals surface area contributed by atoms with E-state index in [9.17, 15) is 13.2 Å². The third-order valence-corrected chi connectivity index (χ3v) is 6.78. The van der Waals surface area contributed by atoms with E-state index in [1.165, 1.54) is 26.4 Å². The first-order valence-electron chi connectivity index (χ1n) is 11.4. The maximum Gasteiger partial charge on any atom is 0.339 e. The quantitative estimate of drug-likeness (QED) is 0.438. The Balaban J connectivity index is 1.83. The Morgan fingerprint density at radius 3 is 2.41 bits per heavy atom. The SMILES string of the molecule is COc1ccc(S(=O)(=O)Oc2cc(CN(C[C@H]3CCCO3)C(=O)CC(C)C)ccc2OC)cc1. The molecule has 186 valence electrons. The Hall–Kier alpha value is -2.78. The first-order chi connectivity index (χ1) is 16.2. The van der Waals surface area contributed by atoms with E-state index in [0.717, 1.165) is 18.4 Å². The first kappa shape index (κ1) is 25.8. The van der Waals surface area contributed by atoms with Gasteiger partial charge < -0.3 is 23.3 Å². The van der Waals surface area contributed by atoms with E-state index in [2.05, 4.69) is 0 Å². The highest BCUT2D eigenvalue weighted by molar-refractivity contribution is 7.87. The Kier molecular flexibility index (Phi) is 8.79. The molecular weight excluding hydrogens is 458 g/mol. The minimum absolute atomic E-state index is 0.00660. The zero-order valence-corrected chi connectivity index (χ0v) is 21.0. The van der Waals surface area contributed by atoms with Gasteiger partial charge in [-0.25, -0.2) is 0 Å². The number of hydrogen-bond donors (Lipinski definition) is 0. The highest BCUT2D eigenvalue weighted by Gasteiger charge is 2.24. The van der Waals surface area contributed by atoms with E-state index >= 15 is 0 Å². The summed E-state index contributed by atoms with van der Waals surface area (Å²) in [5.41, 5.74) is 0.732. The van der Waals surface area contributed by atoms with Crippen molar-refractivity contribution in [1.29, 1.82) is 0 Å². The topological polar surface area (TPSA) is 91.4 Å². The van der Waals surface area contributed by atoms with Crippen molar-refractivity contribution < 1.29 is 31.6 Å². The molecule has 3 rings (SSSR count). The van der Waals surface area contributed by atoms with Crippen LogP contribution in [-0.2, 0) is 26.2 Å². The second-order valence-corrected chi connectivity index (χ2v) is 10.3. The lowest BCUT2D eigenvalue weighted by Gasteiger charge is -2.26. The molecule has 1 heterocycles. The Morgan fingerprint density at radius 2 is 1.82 bits per heavy atom. The Bertz CT molecular complexity index is 1060. The number of ether oxygens (including phenoxy) is 3. The number of carbonyl (C=O) groups is 1. The summed E-state index contributed by atoms with van der Waals surface area (Å²) in [7, 11) is -1.16. The molecule has 1 aliphatic heterocycles. The van der Waals surface area contributed by atoms with Crippen LogP contribution in [0.3, 0.4) is 0 Å². The fraction of sp³-hybridized carbons (Fsp3) is 0.480. The standard InChI is InChI=1S/C25H33NO7S/c1-18(2)14-25(27)26(17-21-6-5-13-32-21)16-19-7-12-23(31-4)24(15-19)33-34(28,29)22-10-8-20(30-3)9-11-22/h7-12,15,18,21H,5-6,13-14,16-17H2,1-4H3/t21-/m1/s1. The Labute approximate surface area is 201 Å². The van der Waals surface area contributed by atoms with Crippen molar-refractivity contribution in [3.63, 3.8) is 0 Å². The lowest BCUT2D eigenvalue weighted by atomic mass is 10.1. The van der Waals surface area contributed by atoms with Gasteiger partial charge in [-0.05, 0) is 60.7 Å². The largest absolute Gasteiger partial charge is 0.497 e. The van der Waals surface area contributed by atoms with Crippen molar-refractivity contribution in [3.8, 4) is 17.2 Å². The minimum atomic E-state index is -4.10. The zero-order valence-electron chi connectivity index (χ0n) is 20.2. The summed E-state index contributed by atoms with van der Waals surface area (Å²) >= 11 is 0. The number of hydrogen-bond acceptors (Lipinski definition) is 7. The van der Waals surface area contributed by atoms with Crippen LogP contribution < -0.4 is 13.7 Å². The summed E-state index contributed by atoms with van der Waals surface area (Å²) < 4.78 is 47.3. The molecular formula is C25H33NO7S. The lowest BCUT2D eigenvalue weighted by Crippen LogP contribution is -2.37. The Morgan fingerprint density at radius 1 is 1.09 bits per heavy atom. The highest BCUT2D eigenvalue weighted by Crippen LogP contribution is 2.32. The predicted molar refractivity (Wildman–Crippen MR) is 128 cm³/mol. The summed E-state index contributed by atoms with van der Waals surface area (Å²) in [5, 5.41) is 0. The number of benzene rings is 2. The van der Waals surface area contributed by atoms with Gasteiger partial charge in [-0.3, -0.25) is 4.79 Å². The fourth-order valence-electron chi connectivity index (χ4n) is 3.78. The van der Waals surface area contributed by atoms with Gasteiger partial charge in [0, 0.05) is 26.1 Å². The van der Waals surface area contributed by atoms with Gasteiger partial charge in [0.05, 0.1) is 20.3 Å². The van der Waals surface area contributed by atoms with Gasteiger partial charge in [-0.15, -0.1) is 0 Å². The van der Waals surface area contributed by atoms with Gasteiger partial charge >= 0.3 is 10.1 Å². The summed E-state index contributed by atoms with van der Waals surface area (Å²) in [6.07, 6.45) is 2.35. The average Bonchev–Trinajstić information content (AvgIpc) is 3.31. The van der Waals surface area contributed by atoms with E-state index < -0.39 is 10.1 Å². The lowest BCUT2D eigenvalue weighted by molar-refractivity contribution is -0.134. The first-order valence-corrected chi connectivity index (χ1v) is 12.8. The van der Waals surface area contributed by atoms with Crippen molar-refractivity contribution in [2.24, 2.45) is 5.92 Å². The molecule has 1 fully saturated rings. The monoisotopic (exact) mass is 491 g/mol. The zero-order chi connectivity index (χ0) is 24.7. The molecule has 0 unspecified atom stereocenters. The van der Waals surface area contributed by atoms with E-state index in [4.69, 9.17) is 18.4 Å². The molecule has 1 amide bonds. The van der Waals surface area contributed by atoms with Crippen LogP contribution in [0.5, 0.6) is 17.2 Å². The highest BCUT2D eigenvalue weighted by atomic mass is 32.2. The summed E-state index contributed by atoms with van der Waals surface area (Å²) in [6.45, 7) is 5.53. The van der Waals surface area contributed by atoms with Crippen molar-refractivity contribution >= 4 is 16.0 Å². The second-order valence-electron chi connectivity index (χ2n) is 8.71. The third-order valence-electron chi connectivity index (χ3n) is 5.53. The summed E-state index contributed by atoms with van der Waals surface area (Å²) in [6, 6.07) is 11.0. The molecule has 9 heteroatoms. The van der Waals surface area contributed by atoms with Gasteiger partial charge in [0.1, 0.15) is 10.6 Å². The number of nitrogens with zero attached hydrogens (tertiary/aromatic N) is 1. The fourth-order valence-corrected chi connectivity index (χ4v) is 4.71. The molecule has 0 radical (unpaired) electrons. The number of methoxy groups -OCH3 is 2. The van der Waals surface area contributed by atoms with E-state index in [1.807, 2.05) is 13.8 Å². The maximum atomic E-state index is 12.9. The second kappa shape index (κ2) is 11.6. The van der Waals surface area contributed by atoms with E-state index in [-0.39, 0.29) is 34.3 Å². The molecule has 1 aliphatic rings. The molecule has 0 aromatic heterocycles. The number of amides is 1. The van der Waals surface area contributed by atoms with Crippen molar-refractivity contribution in [2.75, 3.05) is 27.4 Å². The summed E-state index contributed by atoms with van der Waals surface area (Å²) in [5.74, 6) is 1.14. The molecule has 0 aliphatic carbocycles. The third kappa shape index (κ3) is 6.87. The molecule has 1 saturated heterocycles. The van der Waals surface area contributed by atoms with Gasteiger partial charge in [-0.1, -0.05) is 19.9 Å². The summed E-state index contributed by atoms with van der Waals surface area (Å²) in [4.78, 5) is 14.7. The van der Waals surface area contributed by atoms with Crippen LogP contribution in [-0.4, -0.2) is 52.7 Å². The molecule has 8 nitrogen and oxygen atoms in total. The molecule has 0 spiro atoms. The van der Waals surface area contributed by atoms with E-state index in [1.54, 1.807) is 35.2 Å². The normalized spacial score (nSPS) is 15.9. The van der Waals surface area contributed by atoms with Crippen LogP contribution in [0.1, 0.15) is 38.7 Å². The maximum absolute atomic E-state index is 12.9. The molecule has 1 atom stereocenters. The predicted octanol–water partition coefficient (Wildman–Crippen LogP) is 4.03. The van der Waals surface area contributed by atoms with Gasteiger partial charge in [0.15, 0.2) is 11.5 Å². The van der Waals surface area contributed by atoms with Crippen LogP contribution in [0.2, 0.25) is 0 Å². The van der Waals surface area contributed by atoms with Gasteiger partial charge in [0.25, 0.3) is 0 Å². The van der Waals surface area contributed by atoms with Crippen LogP contribution in [0.15, 0.2) is 47.4 Å². The van der Waals surface area contributed by atoms with Crippen molar-refractivity contribution in [3.05, 3.63) is 48.0 Å². The minimum Gasteiger partial charge on any atom is -0.497 e. The smallest absolute Gasteiger partial charge is 0.339 e. The van der Waals surface area contributed by atoms with Gasteiger partial charge in [-0.2, -0.15) is 8.42 Å². The van der Waals surface area contributed by atoms with Crippen molar-refractivity contribution in [1.82, 2.24) is 4.90 Å². The molecule has 0 N–H and O–H groups in total. The number of carbonyl (C=O) groups excluding carboxylic acids is 1. The molecule has 2 aromatic carbocycles. The van der Waals surface area contributed by atoms with Crippen LogP contribution in [0.4, 0.5) is 0 Å².